The lowest BCUT2D eigenvalue weighted by Gasteiger charge is -2.00. The molecule has 0 radical (unpaired) electrons. The molecule has 0 aliphatic heterocycles. The lowest BCUT2D eigenvalue weighted by molar-refractivity contribution is 0.458. The van der Waals surface area contributed by atoms with Crippen LogP contribution in [0.25, 0.3) is 0 Å². The molecule has 19 heavy (non-hydrogen) atoms. The van der Waals surface area contributed by atoms with Gasteiger partial charge < -0.3 is 9.73 Å². The van der Waals surface area contributed by atoms with Crippen LogP contribution in [0.5, 0.6) is 0 Å². The fraction of sp³-hybridized carbons (Fsp3) is 0.500. The number of thioether (sulfide) groups is 1. The second-order valence-corrected chi connectivity index (χ2v) is 6.06. The van der Waals surface area contributed by atoms with Crippen LogP contribution < -0.4 is 5.32 Å². The predicted molar refractivity (Wildman–Crippen MR) is 76.1 cm³/mol. The van der Waals surface area contributed by atoms with E-state index in [2.05, 4.69) is 28.6 Å². The van der Waals surface area contributed by atoms with E-state index in [1.54, 1.807) is 11.8 Å². The summed E-state index contributed by atoms with van der Waals surface area (Å²) in [5, 5.41) is 8.97. The third-order valence-corrected chi connectivity index (χ3v) is 4.29. The fourth-order valence-corrected chi connectivity index (χ4v) is 2.92. The minimum Gasteiger partial charge on any atom is -0.464 e. The van der Waals surface area contributed by atoms with Gasteiger partial charge in [0.05, 0.1) is 23.0 Å². The SMILES string of the molecule is Cc1cc(SCc2ccc(CNC3CC3)o2)n(C)n1. The third kappa shape index (κ3) is 3.42. The molecule has 2 aromatic rings. The first-order valence-electron chi connectivity index (χ1n) is 6.65. The molecule has 0 atom stereocenters. The maximum Gasteiger partial charge on any atom is 0.118 e. The van der Waals surface area contributed by atoms with E-state index in [-0.39, 0.29) is 0 Å². The molecule has 1 N–H and O–H groups in total. The highest BCUT2D eigenvalue weighted by Crippen LogP contribution is 2.24. The maximum absolute atomic E-state index is 5.82. The summed E-state index contributed by atoms with van der Waals surface area (Å²) in [6.07, 6.45) is 2.62. The van der Waals surface area contributed by atoms with Gasteiger partial charge in [-0.1, -0.05) is 11.8 Å². The van der Waals surface area contributed by atoms with Gasteiger partial charge in [0.1, 0.15) is 11.5 Å². The van der Waals surface area contributed by atoms with Crippen LogP contribution in [0.2, 0.25) is 0 Å². The molecule has 0 bridgehead atoms. The summed E-state index contributed by atoms with van der Waals surface area (Å²) in [7, 11) is 1.97. The second-order valence-electron chi connectivity index (χ2n) is 5.06. The van der Waals surface area contributed by atoms with Crippen molar-refractivity contribution in [2.45, 2.75) is 43.1 Å². The lowest BCUT2D eigenvalue weighted by atomic mass is 10.4. The Balaban J connectivity index is 1.53. The third-order valence-electron chi connectivity index (χ3n) is 3.18. The van der Waals surface area contributed by atoms with Gasteiger partial charge in [0, 0.05) is 13.1 Å². The highest BCUT2D eigenvalue weighted by molar-refractivity contribution is 7.98. The van der Waals surface area contributed by atoms with Crippen LogP contribution in [-0.4, -0.2) is 15.8 Å². The predicted octanol–water partition coefficient (Wildman–Crippen LogP) is 2.87. The van der Waals surface area contributed by atoms with Crippen LogP contribution in [0.1, 0.15) is 30.1 Å². The van der Waals surface area contributed by atoms with E-state index in [4.69, 9.17) is 4.42 Å². The highest BCUT2D eigenvalue weighted by Gasteiger charge is 2.20. The Morgan fingerprint density at radius 1 is 1.42 bits per heavy atom. The smallest absolute Gasteiger partial charge is 0.118 e. The Kier molecular flexibility index (Phi) is 3.66. The van der Waals surface area contributed by atoms with E-state index in [9.17, 15) is 0 Å². The van der Waals surface area contributed by atoms with Crippen molar-refractivity contribution in [3.8, 4) is 0 Å². The molecule has 0 unspecified atom stereocenters. The molecule has 0 aromatic carbocycles. The zero-order valence-corrected chi connectivity index (χ0v) is 12.2. The van der Waals surface area contributed by atoms with E-state index in [1.165, 1.54) is 17.9 Å². The summed E-state index contributed by atoms with van der Waals surface area (Å²) in [5.74, 6) is 2.91. The van der Waals surface area contributed by atoms with Gasteiger partial charge in [-0.05, 0) is 38.0 Å². The molecule has 0 amide bonds. The van der Waals surface area contributed by atoms with Crippen LogP contribution in [0, 0.1) is 6.92 Å². The van der Waals surface area contributed by atoms with E-state index in [0.29, 0.717) is 0 Å². The van der Waals surface area contributed by atoms with Crippen LogP contribution in [0.4, 0.5) is 0 Å². The topological polar surface area (TPSA) is 43.0 Å². The summed E-state index contributed by atoms with van der Waals surface area (Å²) < 4.78 is 7.73. The molecular formula is C14H19N3OS. The van der Waals surface area contributed by atoms with Crippen molar-refractivity contribution < 1.29 is 4.42 Å². The van der Waals surface area contributed by atoms with Crippen LogP contribution in [0.3, 0.4) is 0 Å². The standard InChI is InChI=1S/C14H19N3OS/c1-10-7-14(17(2)16-10)19-9-13-6-5-12(18-13)8-15-11-3-4-11/h5-7,11,15H,3-4,8-9H2,1-2H3. The Morgan fingerprint density at radius 3 is 2.89 bits per heavy atom. The average Bonchev–Trinajstić information content (AvgIpc) is 3.01. The monoisotopic (exact) mass is 277 g/mol. The minimum absolute atomic E-state index is 0.723. The van der Waals surface area contributed by atoms with E-state index in [1.807, 2.05) is 18.7 Å². The zero-order valence-electron chi connectivity index (χ0n) is 11.3. The average molecular weight is 277 g/mol. The van der Waals surface area contributed by atoms with Crippen molar-refractivity contribution in [1.82, 2.24) is 15.1 Å². The molecular weight excluding hydrogens is 258 g/mol. The molecule has 2 heterocycles. The largest absolute Gasteiger partial charge is 0.464 e. The first-order chi connectivity index (χ1) is 9.20. The normalized spacial score (nSPS) is 15.1. The van der Waals surface area contributed by atoms with Crippen molar-refractivity contribution in [3.63, 3.8) is 0 Å². The highest BCUT2D eigenvalue weighted by atomic mass is 32.2. The Hall–Kier alpha value is -1.20. The number of hydrogen-bond donors (Lipinski definition) is 1. The van der Waals surface area contributed by atoms with E-state index < -0.39 is 0 Å². The quantitative estimate of drug-likeness (QED) is 0.825. The van der Waals surface area contributed by atoms with Gasteiger partial charge in [-0.15, -0.1) is 0 Å². The molecule has 102 valence electrons. The summed E-state index contributed by atoms with van der Waals surface area (Å²) in [5.41, 5.74) is 1.05. The molecule has 0 spiro atoms. The fourth-order valence-electron chi connectivity index (χ4n) is 1.99. The van der Waals surface area contributed by atoms with Crippen molar-refractivity contribution in [1.29, 1.82) is 0 Å². The summed E-state index contributed by atoms with van der Waals surface area (Å²) in [4.78, 5) is 0. The van der Waals surface area contributed by atoms with Gasteiger partial charge in [-0.2, -0.15) is 5.10 Å². The first kappa shape index (κ1) is 12.8. The summed E-state index contributed by atoms with van der Waals surface area (Å²) >= 11 is 1.76. The first-order valence-corrected chi connectivity index (χ1v) is 7.63. The molecule has 1 aliphatic rings. The second kappa shape index (κ2) is 5.43. The molecule has 1 saturated carbocycles. The van der Waals surface area contributed by atoms with Gasteiger partial charge in [0.15, 0.2) is 0 Å². The summed E-state index contributed by atoms with van der Waals surface area (Å²) in [6, 6.07) is 6.96. The molecule has 0 saturated heterocycles. The molecule has 3 rings (SSSR count). The number of hydrogen-bond acceptors (Lipinski definition) is 4. The number of rotatable bonds is 6. The Labute approximate surface area is 117 Å². The van der Waals surface area contributed by atoms with Gasteiger partial charge in [-0.3, -0.25) is 4.68 Å². The Morgan fingerprint density at radius 2 is 2.21 bits per heavy atom. The molecule has 2 aromatic heterocycles. The number of aromatic nitrogens is 2. The van der Waals surface area contributed by atoms with Crippen molar-refractivity contribution >= 4 is 11.8 Å². The number of nitrogens with zero attached hydrogens (tertiary/aromatic N) is 2. The van der Waals surface area contributed by atoms with Crippen LogP contribution in [-0.2, 0) is 19.3 Å². The number of nitrogens with one attached hydrogen (secondary N) is 1. The lowest BCUT2D eigenvalue weighted by Crippen LogP contribution is -2.14. The summed E-state index contributed by atoms with van der Waals surface area (Å²) in [6.45, 7) is 2.86. The van der Waals surface area contributed by atoms with E-state index >= 15 is 0 Å². The maximum atomic E-state index is 5.82. The molecule has 1 fully saturated rings. The minimum atomic E-state index is 0.723. The zero-order chi connectivity index (χ0) is 13.2. The van der Waals surface area contributed by atoms with E-state index in [0.717, 1.165) is 35.6 Å². The van der Waals surface area contributed by atoms with Crippen molar-refractivity contribution in [3.05, 3.63) is 35.4 Å². The molecule has 4 nitrogen and oxygen atoms in total. The number of furan rings is 1. The van der Waals surface area contributed by atoms with Gasteiger partial charge in [-0.25, -0.2) is 0 Å². The van der Waals surface area contributed by atoms with Crippen LogP contribution >= 0.6 is 11.8 Å². The van der Waals surface area contributed by atoms with Crippen molar-refractivity contribution in [2.75, 3.05) is 0 Å². The molecule has 5 heteroatoms. The van der Waals surface area contributed by atoms with Gasteiger partial charge in [0.25, 0.3) is 0 Å². The number of aryl methyl sites for hydroxylation is 2. The van der Waals surface area contributed by atoms with Gasteiger partial charge in [0.2, 0.25) is 0 Å². The Bertz CT molecular complexity index is 557. The molecule has 1 aliphatic carbocycles. The van der Waals surface area contributed by atoms with Crippen LogP contribution in [0.15, 0.2) is 27.6 Å². The van der Waals surface area contributed by atoms with Crippen molar-refractivity contribution in [2.24, 2.45) is 7.05 Å². The van der Waals surface area contributed by atoms with Gasteiger partial charge >= 0.3 is 0 Å².